The van der Waals surface area contributed by atoms with Gasteiger partial charge < -0.3 is 14.7 Å². The van der Waals surface area contributed by atoms with Gasteiger partial charge in [-0.15, -0.1) is 0 Å². The van der Waals surface area contributed by atoms with Gasteiger partial charge in [0, 0.05) is 12.6 Å². The molecule has 0 saturated heterocycles. The van der Waals surface area contributed by atoms with E-state index in [1.807, 2.05) is 6.92 Å². The minimum Gasteiger partial charge on any atom is -0.496 e. The predicted octanol–water partition coefficient (Wildman–Crippen LogP) is 1.55. The lowest BCUT2D eigenvalue weighted by Crippen LogP contribution is -2.40. The Hall–Kier alpha value is -2.04. The molecule has 1 N–H and O–H groups in total. The van der Waals surface area contributed by atoms with E-state index < -0.39 is 12.0 Å². The summed E-state index contributed by atoms with van der Waals surface area (Å²) in [5, 5.41) is 8.87. The van der Waals surface area contributed by atoms with Crippen molar-refractivity contribution in [2.75, 3.05) is 14.2 Å². The van der Waals surface area contributed by atoms with E-state index >= 15 is 0 Å². The van der Waals surface area contributed by atoms with Crippen LogP contribution >= 0.6 is 0 Å². The maximum absolute atomic E-state index is 12.1. The second-order valence-corrected chi connectivity index (χ2v) is 4.11. The number of ether oxygens (including phenoxy) is 1. The number of benzene rings is 1. The summed E-state index contributed by atoms with van der Waals surface area (Å²) in [4.78, 5) is 24.1. The van der Waals surface area contributed by atoms with Crippen LogP contribution in [0.1, 0.15) is 22.8 Å². The monoisotopic (exact) mass is 251 g/mol. The van der Waals surface area contributed by atoms with Crippen LogP contribution < -0.4 is 4.74 Å². The summed E-state index contributed by atoms with van der Waals surface area (Å²) in [7, 11) is 3.03. The molecule has 1 aromatic carbocycles. The molecule has 1 atom stereocenters. The van der Waals surface area contributed by atoms with Crippen LogP contribution in [-0.2, 0) is 4.79 Å². The van der Waals surface area contributed by atoms with Crippen LogP contribution in [-0.4, -0.2) is 42.1 Å². The highest BCUT2D eigenvalue weighted by molar-refractivity contribution is 5.96. The Morgan fingerprint density at radius 3 is 2.44 bits per heavy atom. The lowest BCUT2D eigenvalue weighted by molar-refractivity contribution is -0.141. The number of methoxy groups -OCH3 is 1. The molecule has 0 saturated carbocycles. The molecule has 0 aliphatic rings. The van der Waals surface area contributed by atoms with E-state index in [2.05, 4.69) is 0 Å². The zero-order chi connectivity index (χ0) is 13.9. The van der Waals surface area contributed by atoms with Gasteiger partial charge in [-0.3, -0.25) is 4.79 Å². The Morgan fingerprint density at radius 1 is 1.39 bits per heavy atom. The molecule has 5 heteroatoms. The molecule has 1 amide bonds. The fourth-order valence-corrected chi connectivity index (χ4v) is 1.56. The van der Waals surface area contributed by atoms with Crippen molar-refractivity contribution in [1.29, 1.82) is 0 Å². The molecule has 0 aromatic heterocycles. The van der Waals surface area contributed by atoms with Crippen molar-refractivity contribution in [2.24, 2.45) is 0 Å². The first kappa shape index (κ1) is 14.0. The van der Waals surface area contributed by atoms with Gasteiger partial charge in [-0.2, -0.15) is 0 Å². The second-order valence-electron chi connectivity index (χ2n) is 4.11. The van der Waals surface area contributed by atoms with Crippen LogP contribution in [0, 0.1) is 6.92 Å². The minimum absolute atomic E-state index is 0.323. The SMILES string of the molecule is COc1ccc(C(=O)N(C)C(C)C(=O)O)cc1C. The molecule has 18 heavy (non-hydrogen) atoms. The van der Waals surface area contributed by atoms with Crippen molar-refractivity contribution >= 4 is 11.9 Å². The summed E-state index contributed by atoms with van der Waals surface area (Å²) in [5.74, 6) is -0.660. The first-order chi connectivity index (χ1) is 8.38. The van der Waals surface area contributed by atoms with Gasteiger partial charge in [-0.05, 0) is 37.6 Å². The van der Waals surface area contributed by atoms with E-state index in [4.69, 9.17) is 9.84 Å². The number of aryl methyl sites for hydroxylation is 1. The standard InChI is InChI=1S/C13H17NO4/c1-8-7-10(5-6-11(8)18-4)12(15)14(3)9(2)13(16)17/h5-7,9H,1-4H3,(H,16,17). The van der Waals surface area contributed by atoms with Crippen molar-refractivity contribution in [3.8, 4) is 5.75 Å². The second kappa shape index (κ2) is 5.53. The Labute approximate surface area is 106 Å². The number of amides is 1. The van der Waals surface area contributed by atoms with Gasteiger partial charge in [-0.1, -0.05) is 0 Å². The summed E-state index contributed by atoms with van der Waals surface area (Å²) in [5.41, 5.74) is 1.28. The third-order valence-corrected chi connectivity index (χ3v) is 2.90. The van der Waals surface area contributed by atoms with Crippen LogP contribution in [0.3, 0.4) is 0 Å². The summed E-state index contributed by atoms with van der Waals surface area (Å²) >= 11 is 0. The molecule has 0 aliphatic heterocycles. The first-order valence-corrected chi connectivity index (χ1v) is 5.53. The summed E-state index contributed by atoms with van der Waals surface area (Å²) in [6.07, 6.45) is 0. The van der Waals surface area contributed by atoms with Crippen LogP contribution in [0.15, 0.2) is 18.2 Å². The third-order valence-electron chi connectivity index (χ3n) is 2.90. The van der Waals surface area contributed by atoms with Crippen molar-refractivity contribution in [2.45, 2.75) is 19.9 Å². The highest BCUT2D eigenvalue weighted by atomic mass is 16.5. The summed E-state index contributed by atoms with van der Waals surface area (Å²) in [6, 6.07) is 4.15. The molecule has 0 radical (unpaired) electrons. The molecule has 0 aliphatic carbocycles. The number of hydrogen-bond donors (Lipinski definition) is 1. The zero-order valence-electron chi connectivity index (χ0n) is 10.9. The molecule has 98 valence electrons. The van der Waals surface area contributed by atoms with Gasteiger partial charge in [0.1, 0.15) is 11.8 Å². The number of nitrogens with zero attached hydrogens (tertiary/aromatic N) is 1. The predicted molar refractivity (Wildman–Crippen MR) is 66.9 cm³/mol. The number of aliphatic carboxylic acids is 1. The van der Waals surface area contributed by atoms with Gasteiger partial charge in [0.2, 0.25) is 0 Å². The van der Waals surface area contributed by atoms with Crippen LogP contribution in [0.25, 0.3) is 0 Å². The average Bonchev–Trinajstić information content (AvgIpc) is 2.35. The molecule has 5 nitrogen and oxygen atoms in total. The maximum Gasteiger partial charge on any atom is 0.326 e. The number of likely N-dealkylation sites (N-methyl/N-ethyl adjacent to an activating group) is 1. The zero-order valence-corrected chi connectivity index (χ0v) is 10.9. The lowest BCUT2D eigenvalue weighted by atomic mass is 10.1. The number of carboxylic acids is 1. The van der Waals surface area contributed by atoms with Crippen molar-refractivity contribution in [3.05, 3.63) is 29.3 Å². The average molecular weight is 251 g/mol. The van der Waals surface area contributed by atoms with Crippen LogP contribution in [0.2, 0.25) is 0 Å². The molecule has 0 fully saturated rings. The number of carboxylic acid groups (broad SMARTS) is 1. The number of rotatable bonds is 4. The number of carbonyl (C=O) groups is 2. The van der Waals surface area contributed by atoms with Crippen molar-refractivity contribution < 1.29 is 19.4 Å². The van der Waals surface area contributed by atoms with Crippen LogP contribution in [0.4, 0.5) is 0 Å². The Kier molecular flexibility index (Phi) is 4.31. The van der Waals surface area contributed by atoms with Gasteiger partial charge >= 0.3 is 5.97 Å². The molecule has 1 aromatic rings. The van der Waals surface area contributed by atoms with Crippen LogP contribution in [0.5, 0.6) is 5.75 Å². The fourth-order valence-electron chi connectivity index (χ4n) is 1.56. The van der Waals surface area contributed by atoms with Crippen molar-refractivity contribution in [1.82, 2.24) is 4.90 Å². The van der Waals surface area contributed by atoms with Crippen molar-refractivity contribution in [3.63, 3.8) is 0 Å². The van der Waals surface area contributed by atoms with E-state index in [-0.39, 0.29) is 5.91 Å². The fraction of sp³-hybridized carbons (Fsp3) is 0.385. The first-order valence-electron chi connectivity index (χ1n) is 5.53. The van der Waals surface area contributed by atoms with Gasteiger partial charge in [0.05, 0.1) is 7.11 Å². The van der Waals surface area contributed by atoms with E-state index in [1.165, 1.54) is 18.9 Å². The lowest BCUT2D eigenvalue weighted by Gasteiger charge is -2.21. The van der Waals surface area contributed by atoms with Gasteiger partial charge in [0.25, 0.3) is 5.91 Å². The largest absolute Gasteiger partial charge is 0.496 e. The quantitative estimate of drug-likeness (QED) is 0.881. The molecule has 1 rings (SSSR count). The summed E-state index contributed by atoms with van der Waals surface area (Å²) < 4.78 is 5.11. The molecule has 1 unspecified atom stereocenters. The Balaban J connectivity index is 2.97. The smallest absolute Gasteiger partial charge is 0.326 e. The van der Waals surface area contributed by atoms with Gasteiger partial charge in [0.15, 0.2) is 0 Å². The Morgan fingerprint density at radius 2 is 2.00 bits per heavy atom. The number of carbonyl (C=O) groups excluding carboxylic acids is 1. The van der Waals surface area contributed by atoms with E-state index in [0.717, 1.165) is 5.56 Å². The van der Waals surface area contributed by atoms with E-state index in [0.29, 0.717) is 11.3 Å². The summed E-state index contributed by atoms with van der Waals surface area (Å²) in [6.45, 7) is 3.30. The molecule has 0 bridgehead atoms. The topological polar surface area (TPSA) is 66.8 Å². The highest BCUT2D eigenvalue weighted by Gasteiger charge is 2.22. The number of hydrogen-bond acceptors (Lipinski definition) is 3. The molecular formula is C13H17NO4. The Bertz CT molecular complexity index is 470. The minimum atomic E-state index is -1.03. The molecule has 0 heterocycles. The third kappa shape index (κ3) is 2.80. The van der Waals surface area contributed by atoms with Gasteiger partial charge in [-0.25, -0.2) is 4.79 Å². The highest BCUT2D eigenvalue weighted by Crippen LogP contribution is 2.19. The molecule has 0 spiro atoms. The molecular weight excluding hydrogens is 234 g/mol. The van der Waals surface area contributed by atoms with E-state index in [1.54, 1.807) is 25.3 Å². The normalized spacial score (nSPS) is 11.8. The van der Waals surface area contributed by atoms with E-state index in [9.17, 15) is 9.59 Å². The maximum atomic E-state index is 12.1.